The highest BCUT2D eigenvalue weighted by Crippen LogP contribution is 2.32. The van der Waals surface area contributed by atoms with Crippen molar-refractivity contribution >= 4 is 16.6 Å². The molecule has 0 saturated carbocycles. The lowest BCUT2D eigenvalue weighted by Gasteiger charge is -2.43. The Kier molecular flexibility index (Phi) is 8.55. The van der Waals surface area contributed by atoms with Crippen molar-refractivity contribution in [3.63, 3.8) is 0 Å². The van der Waals surface area contributed by atoms with E-state index in [-0.39, 0.29) is 18.3 Å². The lowest BCUT2D eigenvalue weighted by atomic mass is 10.1. The zero-order valence-corrected chi connectivity index (χ0v) is 18.4. The Balaban J connectivity index is 2.99. The molecule has 136 valence electrons. The van der Waals surface area contributed by atoms with Gasteiger partial charge in [-0.3, -0.25) is 0 Å². The van der Waals surface area contributed by atoms with Gasteiger partial charge in [-0.15, -0.1) is 0 Å². The fraction of sp³-hybridized carbons (Fsp3) is 0.889. The van der Waals surface area contributed by atoms with Crippen LogP contribution in [0.25, 0.3) is 0 Å². The molecule has 0 amide bonds. The van der Waals surface area contributed by atoms with E-state index >= 15 is 0 Å². The Bertz CT molecular complexity index is 349. The van der Waals surface area contributed by atoms with Crippen LogP contribution in [-0.2, 0) is 13.6 Å². The van der Waals surface area contributed by atoms with Gasteiger partial charge < -0.3 is 13.6 Å². The Hall–Kier alpha value is -0.106. The summed E-state index contributed by atoms with van der Waals surface area (Å²) in [6, 6.07) is 7.01. The summed E-state index contributed by atoms with van der Waals surface area (Å²) >= 11 is 0. The minimum Gasteiger partial charge on any atom is -0.496 e. The molecule has 0 aliphatic carbocycles. The van der Waals surface area contributed by atoms with Crippen LogP contribution in [0.1, 0.15) is 48.5 Å². The van der Waals surface area contributed by atoms with Gasteiger partial charge in [0.25, 0.3) is 0 Å². The first-order valence-electron chi connectivity index (χ1n) is 9.63. The van der Waals surface area contributed by atoms with E-state index < -0.39 is 16.6 Å². The maximum absolute atomic E-state index is 6.79. The van der Waals surface area contributed by atoms with E-state index in [1.54, 1.807) is 0 Å². The standard InChI is InChI=1S/C18H38O3Si2/c1-8-22(9-2,10-3)20-17-14-15-19-16(7)18(17)21-23(11-4,12-5)13-6/h14-18H,8-13H2,1-7H3/t16-,17-,18-/m0/s1. The van der Waals surface area contributed by atoms with E-state index in [0.717, 1.165) is 18.1 Å². The summed E-state index contributed by atoms with van der Waals surface area (Å²) in [6.45, 7) is 15.8. The first kappa shape index (κ1) is 20.9. The molecule has 0 bridgehead atoms. The summed E-state index contributed by atoms with van der Waals surface area (Å²) in [5.41, 5.74) is 0. The molecule has 5 heteroatoms. The van der Waals surface area contributed by atoms with E-state index in [0.29, 0.717) is 0 Å². The van der Waals surface area contributed by atoms with Crippen molar-refractivity contribution < 1.29 is 13.6 Å². The van der Waals surface area contributed by atoms with Crippen LogP contribution in [0.5, 0.6) is 0 Å². The molecule has 1 aliphatic rings. The largest absolute Gasteiger partial charge is 0.496 e. The second-order valence-corrected chi connectivity index (χ2v) is 16.3. The van der Waals surface area contributed by atoms with Crippen LogP contribution in [0, 0.1) is 0 Å². The fourth-order valence-corrected chi connectivity index (χ4v) is 9.24. The highest BCUT2D eigenvalue weighted by molar-refractivity contribution is 6.74. The number of hydrogen-bond donors (Lipinski definition) is 0. The van der Waals surface area contributed by atoms with Crippen molar-refractivity contribution in [2.24, 2.45) is 0 Å². The van der Waals surface area contributed by atoms with Crippen LogP contribution in [0.4, 0.5) is 0 Å². The molecular weight excluding hydrogens is 320 g/mol. The molecule has 0 saturated heterocycles. The molecule has 1 aliphatic heterocycles. The third-order valence-electron chi connectivity index (χ3n) is 5.99. The molecule has 0 aromatic carbocycles. The zero-order valence-electron chi connectivity index (χ0n) is 16.4. The van der Waals surface area contributed by atoms with E-state index in [1.165, 1.54) is 18.1 Å². The molecule has 0 unspecified atom stereocenters. The van der Waals surface area contributed by atoms with Gasteiger partial charge in [0, 0.05) is 0 Å². The van der Waals surface area contributed by atoms with Gasteiger partial charge in [0.2, 0.25) is 0 Å². The average molecular weight is 359 g/mol. The van der Waals surface area contributed by atoms with Gasteiger partial charge in [-0.2, -0.15) is 0 Å². The van der Waals surface area contributed by atoms with Crippen LogP contribution < -0.4 is 0 Å². The summed E-state index contributed by atoms with van der Waals surface area (Å²) in [4.78, 5) is 0. The van der Waals surface area contributed by atoms with Crippen molar-refractivity contribution in [3.05, 3.63) is 12.3 Å². The second kappa shape index (κ2) is 9.40. The van der Waals surface area contributed by atoms with Crippen molar-refractivity contribution in [2.45, 2.75) is 103 Å². The van der Waals surface area contributed by atoms with Crippen LogP contribution in [-0.4, -0.2) is 34.9 Å². The van der Waals surface area contributed by atoms with Gasteiger partial charge in [-0.25, -0.2) is 0 Å². The molecule has 23 heavy (non-hydrogen) atoms. The minimum atomic E-state index is -1.67. The van der Waals surface area contributed by atoms with Crippen molar-refractivity contribution in [2.75, 3.05) is 0 Å². The van der Waals surface area contributed by atoms with Gasteiger partial charge in [0.1, 0.15) is 12.2 Å². The maximum Gasteiger partial charge on any atom is 0.193 e. The summed E-state index contributed by atoms with van der Waals surface area (Å²) in [5.74, 6) is 0. The van der Waals surface area contributed by atoms with Gasteiger partial charge in [0.15, 0.2) is 16.6 Å². The van der Waals surface area contributed by atoms with Crippen molar-refractivity contribution in [1.82, 2.24) is 0 Å². The zero-order chi connectivity index (χ0) is 17.5. The van der Waals surface area contributed by atoms with Gasteiger partial charge in [-0.05, 0) is 49.3 Å². The predicted octanol–water partition coefficient (Wildman–Crippen LogP) is 5.70. The molecule has 0 aromatic rings. The maximum atomic E-state index is 6.79. The molecule has 0 radical (unpaired) electrons. The lowest BCUT2D eigenvalue weighted by molar-refractivity contribution is -0.0407. The Morgan fingerprint density at radius 2 is 1.22 bits per heavy atom. The first-order valence-corrected chi connectivity index (χ1v) is 14.7. The molecular formula is C18H38O3Si2. The van der Waals surface area contributed by atoms with E-state index in [2.05, 4.69) is 54.5 Å². The Labute approximate surface area is 146 Å². The molecule has 0 N–H and O–H groups in total. The quantitative estimate of drug-likeness (QED) is 0.469. The molecule has 1 heterocycles. The SMILES string of the molecule is CC[Si](CC)(CC)O[C@H]1[C@H](C)OC=C[C@@H]1O[Si](CC)(CC)CC. The van der Waals surface area contributed by atoms with Gasteiger partial charge >= 0.3 is 0 Å². The topological polar surface area (TPSA) is 27.7 Å². The van der Waals surface area contributed by atoms with Crippen molar-refractivity contribution in [1.29, 1.82) is 0 Å². The lowest BCUT2D eigenvalue weighted by Crippen LogP contribution is -2.53. The van der Waals surface area contributed by atoms with E-state index in [4.69, 9.17) is 13.6 Å². The molecule has 3 nitrogen and oxygen atoms in total. The van der Waals surface area contributed by atoms with Gasteiger partial charge in [0.05, 0.1) is 12.4 Å². The summed E-state index contributed by atoms with van der Waals surface area (Å²) in [5, 5.41) is 0. The molecule has 1 rings (SSSR count). The van der Waals surface area contributed by atoms with Crippen LogP contribution >= 0.6 is 0 Å². The van der Waals surface area contributed by atoms with Crippen LogP contribution in [0.3, 0.4) is 0 Å². The first-order chi connectivity index (χ1) is 10.9. The number of ether oxygens (including phenoxy) is 1. The normalized spacial score (nSPS) is 25.4. The Morgan fingerprint density at radius 1 is 0.783 bits per heavy atom. The highest BCUT2D eigenvalue weighted by atomic mass is 28.4. The van der Waals surface area contributed by atoms with Crippen LogP contribution in [0.15, 0.2) is 12.3 Å². The summed E-state index contributed by atoms with van der Waals surface area (Å²) in [6.07, 6.45) is 4.08. The van der Waals surface area contributed by atoms with E-state index in [1.807, 2.05) is 6.26 Å². The van der Waals surface area contributed by atoms with Crippen LogP contribution in [0.2, 0.25) is 36.3 Å². The van der Waals surface area contributed by atoms with Crippen molar-refractivity contribution in [3.8, 4) is 0 Å². The molecule has 0 aromatic heterocycles. The number of rotatable bonds is 10. The molecule has 3 atom stereocenters. The third-order valence-corrected chi connectivity index (χ3v) is 15.3. The second-order valence-electron chi connectivity index (χ2n) is 6.82. The number of hydrogen-bond acceptors (Lipinski definition) is 3. The Morgan fingerprint density at radius 3 is 1.65 bits per heavy atom. The smallest absolute Gasteiger partial charge is 0.193 e. The highest BCUT2D eigenvalue weighted by Gasteiger charge is 2.42. The molecule has 0 fully saturated rings. The predicted molar refractivity (Wildman–Crippen MR) is 104 cm³/mol. The molecule has 0 spiro atoms. The average Bonchev–Trinajstić information content (AvgIpc) is 2.60. The monoisotopic (exact) mass is 358 g/mol. The summed E-state index contributed by atoms with van der Waals surface area (Å²) < 4.78 is 19.3. The summed E-state index contributed by atoms with van der Waals surface area (Å²) in [7, 11) is -3.33. The van der Waals surface area contributed by atoms with E-state index in [9.17, 15) is 0 Å². The fourth-order valence-electron chi connectivity index (χ4n) is 3.55. The van der Waals surface area contributed by atoms with Gasteiger partial charge in [-0.1, -0.05) is 41.5 Å². The minimum absolute atomic E-state index is 0.0445. The third kappa shape index (κ3) is 4.94.